The zero-order valence-corrected chi connectivity index (χ0v) is 12.7. The van der Waals surface area contributed by atoms with Gasteiger partial charge in [-0.15, -0.1) is 0 Å². The predicted octanol–water partition coefficient (Wildman–Crippen LogP) is 3.28. The molecule has 1 aromatic carbocycles. The fourth-order valence-electron chi connectivity index (χ4n) is 2.20. The molecule has 2 aromatic rings. The second-order valence-corrected chi connectivity index (χ2v) is 5.27. The second kappa shape index (κ2) is 6.58. The highest BCUT2D eigenvalue weighted by molar-refractivity contribution is 6.30. The summed E-state index contributed by atoms with van der Waals surface area (Å²) >= 11 is 5.82. The molecule has 1 heterocycles. The zero-order chi connectivity index (χ0) is 15.4. The quantitative estimate of drug-likeness (QED) is 0.607. The van der Waals surface area contributed by atoms with Crippen LogP contribution in [0.25, 0.3) is 0 Å². The maximum atomic E-state index is 11.1. The van der Waals surface area contributed by atoms with Crippen LogP contribution in [0.3, 0.4) is 0 Å². The van der Waals surface area contributed by atoms with E-state index in [1.807, 2.05) is 25.1 Å². The van der Waals surface area contributed by atoms with Gasteiger partial charge in [-0.05, 0) is 25.5 Å². The highest BCUT2D eigenvalue weighted by Gasteiger charge is 2.17. The maximum absolute atomic E-state index is 11.1. The van der Waals surface area contributed by atoms with E-state index in [0.29, 0.717) is 17.3 Å². The topological polar surface area (TPSA) is 64.2 Å². The molecule has 0 aliphatic rings. The third-order valence-corrected chi connectivity index (χ3v) is 3.60. The number of imidazole rings is 1. The molecule has 0 bridgehead atoms. The number of aryl methyl sites for hydroxylation is 2. The molecule has 112 valence electrons. The fourth-order valence-corrected chi connectivity index (χ4v) is 2.37. The Morgan fingerprint density at radius 1 is 1.48 bits per heavy atom. The van der Waals surface area contributed by atoms with Gasteiger partial charge in [0.2, 0.25) is 0 Å². The largest absolute Gasteiger partial charge is 0.369 e. The molecule has 0 aliphatic carbocycles. The number of nitrogens with zero attached hydrogens (tertiary/aromatic N) is 4. The summed E-state index contributed by atoms with van der Waals surface area (Å²) in [6.07, 6.45) is 4.57. The molecule has 0 saturated carbocycles. The Labute approximate surface area is 128 Å². The van der Waals surface area contributed by atoms with E-state index in [-0.39, 0.29) is 5.69 Å². The van der Waals surface area contributed by atoms with Gasteiger partial charge < -0.3 is 9.47 Å². The van der Waals surface area contributed by atoms with Crippen LogP contribution < -0.4 is 4.90 Å². The Balaban J connectivity index is 2.02. The summed E-state index contributed by atoms with van der Waals surface area (Å²) in [4.78, 5) is 16.7. The van der Waals surface area contributed by atoms with E-state index in [0.717, 1.165) is 18.8 Å². The van der Waals surface area contributed by atoms with Crippen molar-refractivity contribution < 1.29 is 4.92 Å². The van der Waals surface area contributed by atoms with Crippen molar-refractivity contribution in [1.29, 1.82) is 0 Å². The molecular formula is C14H17ClN4O2. The van der Waals surface area contributed by atoms with Crippen molar-refractivity contribution in [3.05, 3.63) is 51.6 Å². The van der Waals surface area contributed by atoms with Gasteiger partial charge in [-0.2, -0.15) is 0 Å². The number of rotatable bonds is 6. The van der Waals surface area contributed by atoms with Crippen molar-refractivity contribution in [1.82, 2.24) is 9.55 Å². The molecule has 21 heavy (non-hydrogen) atoms. The van der Waals surface area contributed by atoms with Crippen molar-refractivity contribution in [3.63, 3.8) is 0 Å². The first kappa shape index (κ1) is 15.3. The van der Waals surface area contributed by atoms with Gasteiger partial charge in [0.1, 0.15) is 11.5 Å². The molecule has 2 rings (SSSR count). The lowest BCUT2D eigenvalue weighted by atomic mass is 10.2. The Bertz CT molecular complexity index is 642. The highest BCUT2D eigenvalue weighted by Crippen LogP contribution is 2.30. The first-order valence-corrected chi connectivity index (χ1v) is 6.99. The predicted molar refractivity (Wildman–Crippen MR) is 83.0 cm³/mol. The Hall–Kier alpha value is -2.08. The minimum atomic E-state index is -0.405. The molecule has 7 heteroatoms. The van der Waals surface area contributed by atoms with Crippen molar-refractivity contribution in [2.45, 2.75) is 19.9 Å². The zero-order valence-electron chi connectivity index (χ0n) is 12.0. The molecule has 0 spiro atoms. The van der Waals surface area contributed by atoms with Gasteiger partial charge in [-0.25, -0.2) is 4.98 Å². The number of aromatic nitrogens is 2. The van der Waals surface area contributed by atoms with E-state index in [1.165, 1.54) is 6.07 Å². The van der Waals surface area contributed by atoms with E-state index in [9.17, 15) is 10.1 Å². The highest BCUT2D eigenvalue weighted by atomic mass is 35.5. The minimum Gasteiger partial charge on any atom is -0.369 e. The fraction of sp³-hybridized carbons (Fsp3) is 0.357. The van der Waals surface area contributed by atoms with E-state index in [2.05, 4.69) is 9.55 Å². The Morgan fingerprint density at radius 2 is 2.24 bits per heavy atom. The number of anilines is 1. The van der Waals surface area contributed by atoms with Gasteiger partial charge in [-0.3, -0.25) is 10.1 Å². The number of nitro benzene ring substituents is 1. The molecule has 1 aromatic heterocycles. The van der Waals surface area contributed by atoms with Gasteiger partial charge in [0.05, 0.1) is 4.92 Å². The van der Waals surface area contributed by atoms with Crippen LogP contribution >= 0.6 is 11.6 Å². The SMILES string of the molecule is Cc1nccn1CCCN(C)c1ccc(Cl)cc1[N+](=O)[O-]. The first-order chi connectivity index (χ1) is 9.99. The van der Waals surface area contributed by atoms with E-state index in [1.54, 1.807) is 18.3 Å². The van der Waals surface area contributed by atoms with Crippen molar-refractivity contribution in [3.8, 4) is 0 Å². The summed E-state index contributed by atoms with van der Waals surface area (Å²) in [6.45, 7) is 3.49. The summed E-state index contributed by atoms with van der Waals surface area (Å²) < 4.78 is 2.06. The van der Waals surface area contributed by atoms with E-state index < -0.39 is 4.92 Å². The second-order valence-electron chi connectivity index (χ2n) is 4.83. The maximum Gasteiger partial charge on any atom is 0.294 e. The summed E-state index contributed by atoms with van der Waals surface area (Å²) in [5.74, 6) is 0.968. The first-order valence-electron chi connectivity index (χ1n) is 6.62. The average molecular weight is 309 g/mol. The lowest BCUT2D eigenvalue weighted by Crippen LogP contribution is -2.21. The average Bonchev–Trinajstić information content (AvgIpc) is 2.84. The number of nitro groups is 1. The molecule has 0 unspecified atom stereocenters. The Kier molecular flexibility index (Phi) is 4.80. The van der Waals surface area contributed by atoms with Crippen LogP contribution in [0.15, 0.2) is 30.6 Å². The van der Waals surface area contributed by atoms with Crippen LogP contribution in [0.1, 0.15) is 12.2 Å². The lowest BCUT2D eigenvalue weighted by molar-refractivity contribution is -0.384. The molecule has 0 radical (unpaired) electrons. The molecule has 0 aliphatic heterocycles. The third-order valence-electron chi connectivity index (χ3n) is 3.36. The molecule has 0 amide bonds. The smallest absolute Gasteiger partial charge is 0.294 e. The standard InChI is InChI=1S/C14H17ClN4O2/c1-11-16-6-9-18(11)8-3-7-17(2)13-5-4-12(15)10-14(13)19(20)21/h4-6,9-10H,3,7-8H2,1-2H3. The number of hydrogen-bond acceptors (Lipinski definition) is 4. The van der Waals surface area contributed by atoms with Gasteiger partial charge in [0, 0.05) is 43.6 Å². The van der Waals surface area contributed by atoms with Gasteiger partial charge in [-0.1, -0.05) is 11.6 Å². The third kappa shape index (κ3) is 3.72. The van der Waals surface area contributed by atoms with Crippen LogP contribution in [-0.4, -0.2) is 28.1 Å². The lowest BCUT2D eigenvalue weighted by Gasteiger charge is -2.19. The van der Waals surface area contributed by atoms with Crippen molar-refractivity contribution >= 4 is 23.0 Å². The number of benzene rings is 1. The van der Waals surface area contributed by atoms with E-state index >= 15 is 0 Å². The Morgan fingerprint density at radius 3 is 2.86 bits per heavy atom. The monoisotopic (exact) mass is 308 g/mol. The summed E-state index contributed by atoms with van der Waals surface area (Å²) in [7, 11) is 1.84. The van der Waals surface area contributed by atoms with Crippen LogP contribution in [0.2, 0.25) is 5.02 Å². The molecule has 0 atom stereocenters. The summed E-state index contributed by atoms with van der Waals surface area (Å²) in [5.41, 5.74) is 0.607. The normalized spacial score (nSPS) is 10.6. The van der Waals surface area contributed by atoms with Crippen LogP contribution in [0, 0.1) is 17.0 Å². The van der Waals surface area contributed by atoms with Crippen molar-refractivity contribution in [2.75, 3.05) is 18.5 Å². The molecule has 0 N–H and O–H groups in total. The van der Waals surface area contributed by atoms with Crippen molar-refractivity contribution in [2.24, 2.45) is 0 Å². The molecule has 6 nitrogen and oxygen atoms in total. The molecule has 0 saturated heterocycles. The molecular weight excluding hydrogens is 292 g/mol. The number of halogens is 1. The van der Waals surface area contributed by atoms with Gasteiger partial charge in [0.15, 0.2) is 0 Å². The summed E-state index contributed by atoms with van der Waals surface area (Å²) in [5, 5.41) is 11.5. The van der Waals surface area contributed by atoms with Crippen LogP contribution in [0.5, 0.6) is 0 Å². The molecule has 0 fully saturated rings. The van der Waals surface area contributed by atoms with Crippen LogP contribution in [-0.2, 0) is 6.54 Å². The summed E-state index contributed by atoms with van der Waals surface area (Å²) in [6, 6.07) is 4.73. The van der Waals surface area contributed by atoms with Gasteiger partial charge >= 0.3 is 0 Å². The van der Waals surface area contributed by atoms with Crippen LogP contribution in [0.4, 0.5) is 11.4 Å². The van der Waals surface area contributed by atoms with E-state index in [4.69, 9.17) is 11.6 Å². The minimum absolute atomic E-state index is 0.0313. The van der Waals surface area contributed by atoms with Gasteiger partial charge in [0.25, 0.3) is 5.69 Å². The number of hydrogen-bond donors (Lipinski definition) is 0.